The number of rotatable bonds is 6. The summed E-state index contributed by atoms with van der Waals surface area (Å²) in [6.45, 7) is 4.58. The van der Waals surface area contributed by atoms with Gasteiger partial charge in [0, 0.05) is 0 Å². The minimum absolute atomic E-state index is 0.297. The number of carbonyl (C=O) groups excluding carboxylic acids is 2. The van der Waals surface area contributed by atoms with Gasteiger partial charge in [-0.25, -0.2) is 9.59 Å². The summed E-state index contributed by atoms with van der Waals surface area (Å²) in [6.07, 6.45) is 0. The largest absolute Gasteiger partial charge is 0.491 e. The zero-order chi connectivity index (χ0) is 19.1. The summed E-state index contributed by atoms with van der Waals surface area (Å²) in [6, 6.07) is 9.97. The quantitative estimate of drug-likeness (QED) is 0.591. The molecular formula is C19H21ClN2O4. The maximum absolute atomic E-state index is 12.0. The second-order valence-electron chi connectivity index (χ2n) is 5.64. The Morgan fingerprint density at radius 2 is 1.81 bits per heavy atom. The van der Waals surface area contributed by atoms with Gasteiger partial charge >= 0.3 is 12.0 Å². The molecule has 0 aromatic heterocycles. The molecule has 2 N–H and O–H groups in total. The van der Waals surface area contributed by atoms with Gasteiger partial charge in [0.05, 0.1) is 29.9 Å². The van der Waals surface area contributed by atoms with E-state index in [9.17, 15) is 9.59 Å². The van der Waals surface area contributed by atoms with Crippen molar-refractivity contribution in [1.29, 1.82) is 0 Å². The summed E-state index contributed by atoms with van der Waals surface area (Å²) < 4.78 is 10.4. The number of hydrogen-bond donors (Lipinski definition) is 2. The lowest BCUT2D eigenvalue weighted by molar-refractivity contribution is 0.0600. The highest BCUT2D eigenvalue weighted by Gasteiger charge is 2.11. The number of methoxy groups -OCH3 is 1. The molecular weight excluding hydrogens is 356 g/mol. The van der Waals surface area contributed by atoms with Gasteiger partial charge in [-0.2, -0.15) is 0 Å². The predicted molar refractivity (Wildman–Crippen MR) is 101 cm³/mol. The number of anilines is 1. The number of halogens is 1. The molecule has 0 saturated heterocycles. The van der Waals surface area contributed by atoms with Gasteiger partial charge in [-0.3, -0.25) is 0 Å². The molecule has 138 valence electrons. The molecule has 7 heteroatoms. The van der Waals surface area contributed by atoms with Crippen LogP contribution in [0.15, 0.2) is 36.4 Å². The van der Waals surface area contributed by atoms with Gasteiger partial charge < -0.3 is 20.1 Å². The number of carbonyl (C=O) groups is 2. The Kier molecular flexibility index (Phi) is 6.86. The van der Waals surface area contributed by atoms with Crippen LogP contribution in [0.3, 0.4) is 0 Å². The van der Waals surface area contributed by atoms with Crippen LogP contribution in [0.5, 0.6) is 5.75 Å². The maximum atomic E-state index is 12.0. The van der Waals surface area contributed by atoms with E-state index in [1.165, 1.54) is 25.3 Å². The van der Waals surface area contributed by atoms with Crippen LogP contribution in [0.2, 0.25) is 5.02 Å². The van der Waals surface area contributed by atoms with E-state index < -0.39 is 12.0 Å². The number of nitrogens with one attached hydrogen (secondary N) is 2. The van der Waals surface area contributed by atoms with Crippen LogP contribution in [0, 0.1) is 13.8 Å². The van der Waals surface area contributed by atoms with Gasteiger partial charge in [0.15, 0.2) is 0 Å². The predicted octanol–water partition coefficient (Wildman–Crippen LogP) is 3.94. The van der Waals surface area contributed by atoms with Gasteiger partial charge in [-0.1, -0.05) is 29.8 Å². The van der Waals surface area contributed by atoms with Crippen LogP contribution in [0.25, 0.3) is 0 Å². The zero-order valence-corrected chi connectivity index (χ0v) is 15.6. The third kappa shape index (κ3) is 5.13. The fourth-order valence-corrected chi connectivity index (χ4v) is 2.54. The molecule has 6 nitrogen and oxygen atoms in total. The van der Waals surface area contributed by atoms with Crippen LogP contribution in [0.4, 0.5) is 10.5 Å². The third-order valence-electron chi connectivity index (χ3n) is 3.68. The standard InChI is InChI=1S/C19H21ClN2O4/c1-12-5-4-6-13(2)17(12)26-10-9-21-19(24)22-16-11-14(18(23)25-3)7-8-15(16)20/h4-8,11H,9-10H2,1-3H3,(H2,21,22,24). The molecule has 26 heavy (non-hydrogen) atoms. The van der Waals surface area contributed by atoms with Gasteiger partial charge in [0.2, 0.25) is 0 Å². The molecule has 0 heterocycles. The number of ether oxygens (including phenoxy) is 2. The molecule has 0 fully saturated rings. The van der Waals surface area contributed by atoms with E-state index in [0.29, 0.717) is 29.4 Å². The van der Waals surface area contributed by atoms with E-state index in [4.69, 9.17) is 16.3 Å². The van der Waals surface area contributed by atoms with Crippen molar-refractivity contribution >= 4 is 29.3 Å². The fourth-order valence-electron chi connectivity index (χ4n) is 2.38. The van der Waals surface area contributed by atoms with Crippen molar-refractivity contribution < 1.29 is 19.1 Å². The second-order valence-corrected chi connectivity index (χ2v) is 6.04. The first-order chi connectivity index (χ1) is 12.4. The van der Waals surface area contributed by atoms with E-state index in [0.717, 1.165) is 16.9 Å². The van der Waals surface area contributed by atoms with Gasteiger partial charge in [-0.05, 0) is 43.2 Å². The van der Waals surface area contributed by atoms with E-state index in [1.54, 1.807) is 0 Å². The molecule has 0 aliphatic rings. The molecule has 0 radical (unpaired) electrons. The maximum Gasteiger partial charge on any atom is 0.337 e. The Bertz CT molecular complexity index is 788. The average molecular weight is 377 g/mol. The van der Waals surface area contributed by atoms with Crippen molar-refractivity contribution in [2.75, 3.05) is 25.6 Å². The SMILES string of the molecule is COC(=O)c1ccc(Cl)c(NC(=O)NCCOc2c(C)cccc2C)c1. The smallest absolute Gasteiger partial charge is 0.337 e. The number of amides is 2. The summed E-state index contributed by atoms with van der Waals surface area (Å²) in [7, 11) is 1.28. The lowest BCUT2D eigenvalue weighted by Crippen LogP contribution is -2.32. The van der Waals surface area contributed by atoms with Gasteiger partial charge in [0.1, 0.15) is 12.4 Å². The molecule has 2 aromatic carbocycles. The number of benzene rings is 2. The molecule has 0 aliphatic heterocycles. The minimum Gasteiger partial charge on any atom is -0.491 e. The topological polar surface area (TPSA) is 76.7 Å². The molecule has 2 aromatic rings. The highest BCUT2D eigenvalue weighted by Crippen LogP contribution is 2.23. The molecule has 0 saturated carbocycles. The molecule has 0 aliphatic carbocycles. The lowest BCUT2D eigenvalue weighted by atomic mass is 10.1. The van der Waals surface area contributed by atoms with Crippen molar-refractivity contribution in [2.24, 2.45) is 0 Å². The second kappa shape index (κ2) is 9.10. The summed E-state index contributed by atoms with van der Waals surface area (Å²) in [4.78, 5) is 23.6. The molecule has 0 unspecified atom stereocenters. The first-order valence-corrected chi connectivity index (χ1v) is 8.42. The number of esters is 1. The molecule has 2 amide bonds. The third-order valence-corrected chi connectivity index (χ3v) is 4.01. The van der Waals surface area contributed by atoms with E-state index in [2.05, 4.69) is 15.4 Å². The summed E-state index contributed by atoms with van der Waals surface area (Å²) in [5, 5.41) is 5.61. The Hall–Kier alpha value is -2.73. The Labute approximate surface area is 157 Å². The van der Waals surface area contributed by atoms with Crippen molar-refractivity contribution in [3.8, 4) is 5.75 Å². The van der Waals surface area contributed by atoms with Crippen LogP contribution in [0.1, 0.15) is 21.5 Å². The van der Waals surface area contributed by atoms with E-state index in [1.807, 2.05) is 32.0 Å². The fraction of sp³-hybridized carbons (Fsp3) is 0.263. The van der Waals surface area contributed by atoms with Gasteiger partial charge in [0.25, 0.3) is 0 Å². The molecule has 0 atom stereocenters. The normalized spacial score (nSPS) is 10.2. The highest BCUT2D eigenvalue weighted by molar-refractivity contribution is 6.33. The van der Waals surface area contributed by atoms with Crippen molar-refractivity contribution in [3.63, 3.8) is 0 Å². The average Bonchev–Trinajstić information content (AvgIpc) is 2.62. The summed E-state index contributed by atoms with van der Waals surface area (Å²) >= 11 is 6.05. The highest BCUT2D eigenvalue weighted by atomic mass is 35.5. The van der Waals surface area contributed by atoms with Gasteiger partial charge in [-0.15, -0.1) is 0 Å². The molecule has 0 spiro atoms. The first kappa shape index (κ1) is 19.6. The zero-order valence-electron chi connectivity index (χ0n) is 14.9. The lowest BCUT2D eigenvalue weighted by Gasteiger charge is -2.13. The van der Waals surface area contributed by atoms with Crippen molar-refractivity contribution in [2.45, 2.75) is 13.8 Å². The minimum atomic E-state index is -0.507. The van der Waals surface area contributed by atoms with Crippen LogP contribution in [-0.2, 0) is 4.74 Å². The number of urea groups is 1. The van der Waals surface area contributed by atoms with Crippen LogP contribution in [-0.4, -0.2) is 32.3 Å². The van der Waals surface area contributed by atoms with Crippen LogP contribution >= 0.6 is 11.6 Å². The summed E-state index contributed by atoms with van der Waals surface area (Å²) in [5.41, 5.74) is 2.70. The Morgan fingerprint density at radius 3 is 2.46 bits per heavy atom. The Morgan fingerprint density at radius 1 is 1.12 bits per heavy atom. The van der Waals surface area contributed by atoms with E-state index >= 15 is 0 Å². The van der Waals surface area contributed by atoms with Crippen molar-refractivity contribution in [1.82, 2.24) is 5.32 Å². The Balaban J connectivity index is 1.86. The molecule has 0 bridgehead atoms. The number of hydrogen-bond acceptors (Lipinski definition) is 4. The number of para-hydroxylation sites is 1. The first-order valence-electron chi connectivity index (χ1n) is 8.04. The number of aryl methyl sites for hydroxylation is 2. The van der Waals surface area contributed by atoms with Crippen molar-refractivity contribution in [3.05, 3.63) is 58.1 Å². The molecule has 2 rings (SSSR count). The van der Waals surface area contributed by atoms with Crippen LogP contribution < -0.4 is 15.4 Å². The summed E-state index contributed by atoms with van der Waals surface area (Å²) in [5.74, 6) is 0.315. The van der Waals surface area contributed by atoms with E-state index in [-0.39, 0.29) is 0 Å². The monoisotopic (exact) mass is 376 g/mol.